The molecule has 0 unspecified atom stereocenters. The minimum atomic E-state index is -0.181. The second kappa shape index (κ2) is 5.54. The quantitative estimate of drug-likeness (QED) is 0.597. The number of hydrogen-bond acceptors (Lipinski definition) is 2. The van der Waals surface area contributed by atoms with Gasteiger partial charge in [-0.15, -0.1) is 6.58 Å². The predicted octanol–water partition coefficient (Wildman–Crippen LogP) is 2.93. The summed E-state index contributed by atoms with van der Waals surface area (Å²) in [5.41, 5.74) is 2.13. The summed E-state index contributed by atoms with van der Waals surface area (Å²) in [5.74, 6) is -0.181. The molecule has 0 fully saturated rings. The summed E-state index contributed by atoms with van der Waals surface area (Å²) in [6.07, 6.45) is 4.17. The van der Waals surface area contributed by atoms with Gasteiger partial charge in [0.25, 0.3) is 0 Å². The first-order valence-corrected chi connectivity index (χ1v) is 6.09. The maximum Gasteiger partial charge on any atom is 0.310 e. The van der Waals surface area contributed by atoms with Gasteiger partial charge >= 0.3 is 5.97 Å². The number of ether oxygens (including phenoxy) is 1. The second-order valence-electron chi connectivity index (χ2n) is 4.09. The van der Waals surface area contributed by atoms with Gasteiger partial charge in [-0.25, -0.2) is 0 Å². The van der Waals surface area contributed by atoms with E-state index in [1.165, 1.54) is 0 Å². The van der Waals surface area contributed by atoms with Crippen LogP contribution in [0.1, 0.15) is 12.5 Å². The lowest BCUT2D eigenvalue weighted by Gasteiger charge is -2.00. The molecule has 0 saturated heterocycles. The number of carbonyl (C=O) groups excluding carboxylic acids is 1. The van der Waals surface area contributed by atoms with Gasteiger partial charge in [0, 0.05) is 23.6 Å². The number of carbonyl (C=O) groups is 1. The Morgan fingerprint density at radius 1 is 1.44 bits per heavy atom. The number of benzene rings is 1. The predicted molar refractivity (Wildman–Crippen MR) is 72.5 cm³/mol. The van der Waals surface area contributed by atoms with Gasteiger partial charge in [0.15, 0.2) is 0 Å². The lowest BCUT2D eigenvalue weighted by Crippen LogP contribution is -2.07. The van der Waals surface area contributed by atoms with Crippen LogP contribution in [0.5, 0.6) is 0 Å². The summed E-state index contributed by atoms with van der Waals surface area (Å²) in [4.78, 5) is 11.6. The molecule has 0 aliphatic heterocycles. The lowest BCUT2D eigenvalue weighted by molar-refractivity contribution is -0.142. The maximum absolute atomic E-state index is 11.6. The van der Waals surface area contributed by atoms with Crippen LogP contribution in [0.25, 0.3) is 10.9 Å². The number of nitrogens with zero attached hydrogens (tertiary/aromatic N) is 1. The fourth-order valence-corrected chi connectivity index (χ4v) is 2.12. The van der Waals surface area contributed by atoms with Gasteiger partial charge in [-0.05, 0) is 18.6 Å². The largest absolute Gasteiger partial charge is 0.466 e. The van der Waals surface area contributed by atoms with E-state index in [0.29, 0.717) is 13.0 Å². The number of para-hydroxylation sites is 1. The first-order chi connectivity index (χ1) is 8.76. The van der Waals surface area contributed by atoms with Crippen molar-refractivity contribution in [2.45, 2.75) is 19.9 Å². The molecule has 94 valence electrons. The standard InChI is InChI=1S/C15H17NO2/c1-3-9-16-11-12(10-15(17)18-4-2)13-7-5-6-8-14(13)16/h3,5-8,11H,1,4,9-10H2,2H3. The molecule has 1 aromatic heterocycles. The van der Waals surface area contributed by atoms with E-state index in [1.54, 1.807) is 0 Å². The van der Waals surface area contributed by atoms with Crippen LogP contribution in [-0.2, 0) is 22.5 Å². The molecule has 18 heavy (non-hydrogen) atoms. The highest BCUT2D eigenvalue weighted by Crippen LogP contribution is 2.22. The number of rotatable bonds is 5. The zero-order valence-corrected chi connectivity index (χ0v) is 10.6. The van der Waals surface area contributed by atoms with Crippen molar-refractivity contribution < 1.29 is 9.53 Å². The van der Waals surface area contributed by atoms with Gasteiger partial charge in [0.1, 0.15) is 0 Å². The van der Waals surface area contributed by atoms with Crippen LogP contribution >= 0.6 is 0 Å². The molecule has 0 radical (unpaired) electrons. The first kappa shape index (κ1) is 12.4. The van der Waals surface area contributed by atoms with Crippen LogP contribution in [0, 0.1) is 0 Å². The van der Waals surface area contributed by atoms with E-state index in [0.717, 1.165) is 23.0 Å². The highest BCUT2D eigenvalue weighted by molar-refractivity contribution is 5.88. The average molecular weight is 243 g/mol. The number of esters is 1. The van der Waals surface area contributed by atoms with E-state index in [4.69, 9.17) is 4.74 Å². The molecule has 0 atom stereocenters. The third kappa shape index (κ3) is 2.45. The van der Waals surface area contributed by atoms with Crippen molar-refractivity contribution in [2.24, 2.45) is 0 Å². The Morgan fingerprint density at radius 3 is 2.94 bits per heavy atom. The Bertz CT molecular complexity index is 569. The van der Waals surface area contributed by atoms with Gasteiger partial charge in [0.2, 0.25) is 0 Å². The zero-order valence-electron chi connectivity index (χ0n) is 10.6. The van der Waals surface area contributed by atoms with E-state index in [2.05, 4.69) is 11.1 Å². The molecule has 0 amide bonds. The van der Waals surface area contributed by atoms with E-state index >= 15 is 0 Å². The number of aromatic nitrogens is 1. The fourth-order valence-electron chi connectivity index (χ4n) is 2.12. The molecule has 0 aliphatic carbocycles. The molecule has 0 aliphatic rings. The molecule has 1 heterocycles. The SMILES string of the molecule is C=CCn1cc(CC(=O)OCC)c2ccccc21. The van der Waals surface area contributed by atoms with Gasteiger partial charge < -0.3 is 9.30 Å². The van der Waals surface area contributed by atoms with E-state index in [9.17, 15) is 4.79 Å². The molecule has 2 aromatic rings. The number of fused-ring (bicyclic) bond motifs is 1. The summed E-state index contributed by atoms with van der Waals surface area (Å²) in [6, 6.07) is 8.06. The topological polar surface area (TPSA) is 31.2 Å². The summed E-state index contributed by atoms with van der Waals surface area (Å²) in [7, 11) is 0. The molecule has 0 N–H and O–H groups in total. The van der Waals surface area contributed by atoms with Crippen molar-refractivity contribution in [3.05, 3.63) is 48.7 Å². The minimum absolute atomic E-state index is 0.181. The third-order valence-electron chi connectivity index (χ3n) is 2.84. The van der Waals surface area contributed by atoms with Crippen LogP contribution in [0.4, 0.5) is 0 Å². The van der Waals surface area contributed by atoms with E-state index in [1.807, 2.05) is 43.5 Å². The molecule has 0 spiro atoms. The maximum atomic E-state index is 11.6. The number of allylic oxidation sites excluding steroid dienone is 1. The molecular weight excluding hydrogens is 226 g/mol. The normalized spacial score (nSPS) is 10.5. The summed E-state index contributed by atoms with van der Waals surface area (Å²) in [6.45, 7) is 6.73. The second-order valence-corrected chi connectivity index (χ2v) is 4.09. The molecule has 0 bridgehead atoms. The van der Waals surface area contributed by atoms with Crippen molar-refractivity contribution in [1.82, 2.24) is 4.57 Å². The monoisotopic (exact) mass is 243 g/mol. The Balaban J connectivity index is 2.38. The molecule has 2 rings (SSSR count). The smallest absolute Gasteiger partial charge is 0.310 e. The fraction of sp³-hybridized carbons (Fsp3) is 0.267. The van der Waals surface area contributed by atoms with E-state index in [-0.39, 0.29) is 5.97 Å². The van der Waals surface area contributed by atoms with Crippen molar-refractivity contribution >= 4 is 16.9 Å². The van der Waals surface area contributed by atoms with Gasteiger partial charge in [0.05, 0.1) is 13.0 Å². The van der Waals surface area contributed by atoms with Gasteiger partial charge in [-0.1, -0.05) is 24.3 Å². The van der Waals surface area contributed by atoms with Crippen LogP contribution in [0.15, 0.2) is 43.1 Å². The first-order valence-electron chi connectivity index (χ1n) is 6.09. The Morgan fingerprint density at radius 2 is 2.22 bits per heavy atom. The molecule has 3 heteroatoms. The molecule has 1 aromatic carbocycles. The molecule has 0 saturated carbocycles. The summed E-state index contributed by atoms with van der Waals surface area (Å²) in [5, 5.41) is 1.10. The van der Waals surface area contributed by atoms with Crippen LogP contribution in [0.2, 0.25) is 0 Å². The van der Waals surface area contributed by atoms with Gasteiger partial charge in [-0.3, -0.25) is 4.79 Å². The molecular formula is C15H17NO2. The lowest BCUT2D eigenvalue weighted by atomic mass is 10.1. The van der Waals surface area contributed by atoms with Crippen molar-refractivity contribution in [3.8, 4) is 0 Å². The summed E-state index contributed by atoms with van der Waals surface area (Å²) < 4.78 is 7.09. The van der Waals surface area contributed by atoms with Gasteiger partial charge in [-0.2, -0.15) is 0 Å². The molecule has 3 nitrogen and oxygen atoms in total. The highest BCUT2D eigenvalue weighted by atomic mass is 16.5. The van der Waals surface area contributed by atoms with Crippen LogP contribution < -0.4 is 0 Å². The van der Waals surface area contributed by atoms with E-state index < -0.39 is 0 Å². The van der Waals surface area contributed by atoms with Crippen LogP contribution in [0.3, 0.4) is 0 Å². The average Bonchev–Trinajstić information content (AvgIpc) is 2.69. The highest BCUT2D eigenvalue weighted by Gasteiger charge is 2.11. The zero-order chi connectivity index (χ0) is 13.0. The third-order valence-corrected chi connectivity index (χ3v) is 2.84. The van der Waals surface area contributed by atoms with Crippen molar-refractivity contribution in [1.29, 1.82) is 0 Å². The Kier molecular flexibility index (Phi) is 3.82. The minimum Gasteiger partial charge on any atom is -0.466 e. The van der Waals surface area contributed by atoms with Crippen molar-refractivity contribution in [3.63, 3.8) is 0 Å². The van der Waals surface area contributed by atoms with Crippen molar-refractivity contribution in [2.75, 3.05) is 6.61 Å². The Hall–Kier alpha value is -2.03. The number of hydrogen-bond donors (Lipinski definition) is 0. The van der Waals surface area contributed by atoms with Crippen LogP contribution in [-0.4, -0.2) is 17.1 Å². The summed E-state index contributed by atoms with van der Waals surface area (Å²) >= 11 is 0. The Labute approximate surface area is 107 Å².